The van der Waals surface area contributed by atoms with Gasteiger partial charge in [0.25, 0.3) is 0 Å². The minimum absolute atomic E-state index is 0.0921. The first-order valence-corrected chi connectivity index (χ1v) is 6.35. The van der Waals surface area contributed by atoms with Crippen molar-refractivity contribution in [2.24, 2.45) is 0 Å². The van der Waals surface area contributed by atoms with E-state index >= 15 is 0 Å². The number of methoxy groups -OCH3 is 1. The molecule has 1 aromatic rings. The molecule has 1 rings (SSSR count). The molecule has 1 unspecified atom stereocenters. The Kier molecular flexibility index (Phi) is 5.75. The van der Waals surface area contributed by atoms with E-state index in [1.54, 1.807) is 0 Å². The maximum absolute atomic E-state index is 13.4. The van der Waals surface area contributed by atoms with Crippen molar-refractivity contribution in [2.75, 3.05) is 12.9 Å². The molecule has 0 aliphatic rings. The molecule has 0 spiro atoms. The Hall–Kier alpha value is -1.63. The Bertz CT molecular complexity index is 482. The average molecular weight is 289 g/mol. The van der Waals surface area contributed by atoms with Gasteiger partial charge < -0.3 is 10.1 Å². The first-order valence-electron chi connectivity index (χ1n) is 5.37. The Balaban J connectivity index is 2.70. The zero-order chi connectivity index (χ0) is 14.4. The molecule has 19 heavy (non-hydrogen) atoms. The standard InChI is InChI=1S/C12H13F2NO3S/c1-7(16)15-10(12(17)18-2)6-19-11-4-3-8(13)5-9(11)14/h3-5,10H,6H2,1-2H3,(H,15,16). The van der Waals surface area contributed by atoms with Crippen molar-refractivity contribution in [3.8, 4) is 0 Å². The monoisotopic (exact) mass is 289 g/mol. The number of ether oxygens (including phenoxy) is 1. The Labute approximate surface area is 113 Å². The molecular weight excluding hydrogens is 276 g/mol. The van der Waals surface area contributed by atoms with E-state index in [-0.39, 0.29) is 10.6 Å². The fourth-order valence-corrected chi connectivity index (χ4v) is 2.25. The third-order valence-corrected chi connectivity index (χ3v) is 3.30. The lowest BCUT2D eigenvalue weighted by Crippen LogP contribution is -2.42. The van der Waals surface area contributed by atoms with Crippen LogP contribution in [0.15, 0.2) is 23.1 Å². The first-order chi connectivity index (χ1) is 8.93. The number of hydrogen-bond donors (Lipinski definition) is 1. The van der Waals surface area contributed by atoms with Gasteiger partial charge in [-0.3, -0.25) is 4.79 Å². The molecule has 7 heteroatoms. The lowest BCUT2D eigenvalue weighted by Gasteiger charge is -2.15. The van der Waals surface area contributed by atoms with Crippen molar-refractivity contribution in [3.05, 3.63) is 29.8 Å². The summed E-state index contributed by atoms with van der Waals surface area (Å²) in [6.07, 6.45) is 0. The molecular formula is C12H13F2NO3S. The van der Waals surface area contributed by atoms with Gasteiger partial charge in [0.05, 0.1) is 7.11 Å². The van der Waals surface area contributed by atoms with Crippen LogP contribution in [0.3, 0.4) is 0 Å². The number of amides is 1. The van der Waals surface area contributed by atoms with Gasteiger partial charge in [0.1, 0.15) is 17.7 Å². The van der Waals surface area contributed by atoms with Crippen LogP contribution >= 0.6 is 11.8 Å². The van der Waals surface area contributed by atoms with Crippen molar-refractivity contribution in [1.29, 1.82) is 0 Å². The molecule has 1 N–H and O–H groups in total. The van der Waals surface area contributed by atoms with Crippen molar-refractivity contribution in [3.63, 3.8) is 0 Å². The van der Waals surface area contributed by atoms with Gasteiger partial charge in [0.2, 0.25) is 5.91 Å². The second-order valence-corrected chi connectivity index (χ2v) is 4.72. The minimum atomic E-state index is -0.878. The van der Waals surface area contributed by atoms with Crippen LogP contribution in [0.25, 0.3) is 0 Å². The maximum atomic E-state index is 13.4. The van der Waals surface area contributed by atoms with E-state index in [4.69, 9.17) is 0 Å². The fraction of sp³-hybridized carbons (Fsp3) is 0.333. The molecule has 0 heterocycles. The smallest absolute Gasteiger partial charge is 0.329 e. The highest BCUT2D eigenvalue weighted by molar-refractivity contribution is 7.99. The van der Waals surface area contributed by atoms with E-state index in [0.717, 1.165) is 23.9 Å². The third-order valence-electron chi connectivity index (χ3n) is 2.16. The van der Waals surface area contributed by atoms with Gasteiger partial charge in [-0.25, -0.2) is 13.6 Å². The Morgan fingerprint density at radius 3 is 2.63 bits per heavy atom. The number of hydrogen-bond acceptors (Lipinski definition) is 4. The number of rotatable bonds is 5. The summed E-state index contributed by atoms with van der Waals surface area (Å²) in [5, 5.41) is 2.40. The van der Waals surface area contributed by atoms with Crippen LogP contribution in [-0.4, -0.2) is 30.8 Å². The van der Waals surface area contributed by atoms with E-state index in [2.05, 4.69) is 10.1 Å². The van der Waals surface area contributed by atoms with Crippen LogP contribution < -0.4 is 5.32 Å². The topological polar surface area (TPSA) is 55.4 Å². The maximum Gasteiger partial charge on any atom is 0.329 e. The van der Waals surface area contributed by atoms with Crippen LogP contribution in [0, 0.1) is 11.6 Å². The van der Waals surface area contributed by atoms with Gasteiger partial charge in [-0.1, -0.05) is 0 Å². The van der Waals surface area contributed by atoms with Crippen molar-refractivity contribution in [2.45, 2.75) is 17.9 Å². The van der Waals surface area contributed by atoms with Crippen molar-refractivity contribution < 1.29 is 23.1 Å². The van der Waals surface area contributed by atoms with Gasteiger partial charge >= 0.3 is 5.97 Å². The first kappa shape index (κ1) is 15.4. The summed E-state index contributed by atoms with van der Waals surface area (Å²) in [5.74, 6) is -2.31. The van der Waals surface area contributed by atoms with Gasteiger partial charge in [-0.2, -0.15) is 0 Å². The molecule has 0 bridgehead atoms. The number of halogens is 2. The summed E-state index contributed by atoms with van der Waals surface area (Å²) in [6, 6.07) is 2.28. The van der Waals surface area contributed by atoms with Crippen LogP contribution in [0.1, 0.15) is 6.92 Å². The summed E-state index contributed by atoms with van der Waals surface area (Å²) >= 11 is 0.992. The molecule has 0 saturated heterocycles. The molecule has 4 nitrogen and oxygen atoms in total. The van der Waals surface area contributed by atoms with Crippen LogP contribution in [0.2, 0.25) is 0 Å². The van der Waals surface area contributed by atoms with Gasteiger partial charge in [0, 0.05) is 23.6 Å². The molecule has 1 aromatic carbocycles. The molecule has 1 atom stereocenters. The summed E-state index contributed by atoms with van der Waals surface area (Å²) < 4.78 is 30.6. The highest BCUT2D eigenvalue weighted by Gasteiger charge is 2.21. The summed E-state index contributed by atoms with van der Waals surface area (Å²) in [5.41, 5.74) is 0. The summed E-state index contributed by atoms with van der Waals surface area (Å²) in [7, 11) is 1.19. The zero-order valence-electron chi connectivity index (χ0n) is 10.4. The highest BCUT2D eigenvalue weighted by Crippen LogP contribution is 2.23. The Morgan fingerprint density at radius 1 is 1.42 bits per heavy atom. The van der Waals surface area contributed by atoms with Crippen molar-refractivity contribution in [1.82, 2.24) is 5.32 Å². The second-order valence-electron chi connectivity index (χ2n) is 3.66. The van der Waals surface area contributed by atoms with Gasteiger partial charge in [-0.15, -0.1) is 11.8 Å². The summed E-state index contributed by atoms with van der Waals surface area (Å²) in [6.45, 7) is 1.26. The largest absolute Gasteiger partial charge is 0.467 e. The number of carbonyl (C=O) groups excluding carboxylic acids is 2. The lowest BCUT2D eigenvalue weighted by atomic mass is 10.3. The van der Waals surface area contributed by atoms with E-state index in [0.29, 0.717) is 0 Å². The molecule has 104 valence electrons. The zero-order valence-corrected chi connectivity index (χ0v) is 11.2. The van der Waals surface area contributed by atoms with Crippen LogP contribution in [0.4, 0.5) is 8.78 Å². The van der Waals surface area contributed by atoms with E-state index in [1.165, 1.54) is 20.1 Å². The highest BCUT2D eigenvalue weighted by atomic mass is 32.2. The molecule has 0 radical (unpaired) electrons. The van der Waals surface area contributed by atoms with Crippen molar-refractivity contribution >= 4 is 23.6 Å². The number of thioether (sulfide) groups is 1. The van der Waals surface area contributed by atoms with Crippen LogP contribution in [-0.2, 0) is 14.3 Å². The molecule has 0 fully saturated rings. The number of carbonyl (C=O) groups is 2. The lowest BCUT2D eigenvalue weighted by molar-refractivity contribution is -0.144. The molecule has 0 aromatic heterocycles. The normalized spacial score (nSPS) is 11.8. The predicted molar refractivity (Wildman–Crippen MR) is 66.7 cm³/mol. The number of esters is 1. The van der Waals surface area contributed by atoms with Gasteiger partial charge in [-0.05, 0) is 12.1 Å². The predicted octanol–water partition coefficient (Wildman–Crippen LogP) is 1.73. The quantitative estimate of drug-likeness (QED) is 0.662. The molecule has 0 aliphatic carbocycles. The fourth-order valence-electron chi connectivity index (χ4n) is 1.32. The molecule has 0 saturated carbocycles. The Morgan fingerprint density at radius 2 is 2.11 bits per heavy atom. The minimum Gasteiger partial charge on any atom is -0.467 e. The van der Waals surface area contributed by atoms with E-state index in [9.17, 15) is 18.4 Å². The number of nitrogens with one attached hydrogen (secondary N) is 1. The third kappa shape index (κ3) is 4.86. The number of benzene rings is 1. The van der Waals surface area contributed by atoms with Gasteiger partial charge in [0.15, 0.2) is 0 Å². The van der Waals surface area contributed by atoms with E-state index < -0.39 is 29.6 Å². The summed E-state index contributed by atoms with van der Waals surface area (Å²) in [4.78, 5) is 22.5. The van der Waals surface area contributed by atoms with Crippen LogP contribution in [0.5, 0.6) is 0 Å². The second kappa shape index (κ2) is 7.08. The molecule has 1 amide bonds. The SMILES string of the molecule is COC(=O)C(CSc1ccc(F)cc1F)NC(C)=O. The molecule has 0 aliphatic heterocycles. The average Bonchev–Trinajstić information content (AvgIpc) is 2.34. The van der Waals surface area contributed by atoms with E-state index in [1.807, 2.05) is 0 Å².